The fourth-order valence-corrected chi connectivity index (χ4v) is 0. The Bertz CT molecular complexity index is 37.3. The molecular formula is C4H10OP-. The van der Waals surface area contributed by atoms with Gasteiger partial charge in [-0.25, -0.2) is 8.81 Å². The summed E-state index contributed by atoms with van der Waals surface area (Å²) in [5.41, 5.74) is 0. The van der Waals surface area contributed by atoms with Crippen molar-refractivity contribution in [1.82, 2.24) is 0 Å². The zero-order chi connectivity index (χ0) is 5.21. The van der Waals surface area contributed by atoms with Crippen molar-refractivity contribution in [3.63, 3.8) is 0 Å². The van der Waals surface area contributed by atoms with Crippen LogP contribution < -0.4 is 4.89 Å². The van der Waals surface area contributed by atoms with Crippen molar-refractivity contribution >= 4 is 8.81 Å². The summed E-state index contributed by atoms with van der Waals surface area (Å²) in [5, 5.41) is 0.0139. The van der Waals surface area contributed by atoms with E-state index in [-0.39, 0.29) is 14.0 Å². The van der Waals surface area contributed by atoms with Crippen LogP contribution in [0.5, 0.6) is 0 Å². The second-order valence-electron chi connectivity index (χ2n) is 2.35. The minimum absolute atomic E-state index is 0.0139. The minimum Gasteiger partial charge on any atom is -0.831 e. The Morgan fingerprint density at radius 3 is 1.50 bits per heavy atom. The first-order chi connectivity index (χ1) is 2.56. The number of rotatable bonds is 0. The highest BCUT2D eigenvalue weighted by Crippen LogP contribution is 2.21. The van der Waals surface area contributed by atoms with E-state index in [0.29, 0.717) is 0 Å². The maximum atomic E-state index is 9.98. The van der Waals surface area contributed by atoms with Crippen molar-refractivity contribution < 1.29 is 4.89 Å². The second kappa shape index (κ2) is 1.90. The molecule has 1 unspecified atom stereocenters. The smallest absolute Gasteiger partial charge is 0.0353 e. The molecule has 0 aliphatic carbocycles. The van der Waals surface area contributed by atoms with E-state index in [1.54, 1.807) is 0 Å². The molecule has 0 spiro atoms. The van der Waals surface area contributed by atoms with Gasteiger partial charge in [0, 0.05) is 0 Å². The van der Waals surface area contributed by atoms with Crippen LogP contribution in [0.2, 0.25) is 0 Å². The summed E-state index contributed by atoms with van der Waals surface area (Å²) >= 11 is 0. The summed E-state index contributed by atoms with van der Waals surface area (Å²) < 4.78 is 0. The Balaban J connectivity index is 3.17. The molecule has 0 amide bonds. The highest BCUT2D eigenvalue weighted by Gasteiger charge is 1.98. The molecule has 0 aromatic carbocycles. The van der Waals surface area contributed by atoms with Crippen LogP contribution in [0.3, 0.4) is 0 Å². The van der Waals surface area contributed by atoms with Gasteiger partial charge in [-0.2, -0.15) is 0 Å². The SMILES string of the molecule is CC(C)(C)P[O-]. The molecule has 6 heavy (non-hydrogen) atoms. The fraction of sp³-hybridized carbons (Fsp3) is 1.00. The van der Waals surface area contributed by atoms with Crippen molar-refractivity contribution in [3.8, 4) is 0 Å². The van der Waals surface area contributed by atoms with Crippen LogP contribution in [0.25, 0.3) is 0 Å². The maximum absolute atomic E-state index is 9.98. The largest absolute Gasteiger partial charge is 0.831 e. The van der Waals surface area contributed by atoms with Gasteiger partial charge in [-0.15, -0.1) is 0 Å². The normalized spacial score (nSPS) is 14.0. The van der Waals surface area contributed by atoms with E-state index in [0.717, 1.165) is 0 Å². The molecule has 0 aliphatic heterocycles. The molecule has 0 rings (SSSR count). The van der Waals surface area contributed by atoms with Gasteiger partial charge in [0.25, 0.3) is 0 Å². The summed E-state index contributed by atoms with van der Waals surface area (Å²) in [7, 11) is -0.183. The summed E-state index contributed by atoms with van der Waals surface area (Å²) in [6, 6.07) is 0. The Morgan fingerprint density at radius 1 is 1.33 bits per heavy atom. The molecule has 0 aliphatic rings. The zero-order valence-electron chi connectivity index (χ0n) is 4.41. The number of hydrogen-bond acceptors (Lipinski definition) is 1. The molecule has 0 saturated carbocycles. The van der Waals surface area contributed by atoms with Gasteiger partial charge in [-0.05, 0) is 5.16 Å². The van der Waals surface area contributed by atoms with Crippen molar-refractivity contribution in [2.24, 2.45) is 0 Å². The standard InChI is InChI=1S/C4H10OP/c1-4(2,3)6-5/h6H,1-3H3/q-1. The van der Waals surface area contributed by atoms with Gasteiger partial charge in [-0.3, -0.25) is 0 Å². The van der Waals surface area contributed by atoms with Gasteiger partial charge in [0.2, 0.25) is 0 Å². The molecule has 0 bridgehead atoms. The molecule has 0 N–H and O–H groups in total. The summed E-state index contributed by atoms with van der Waals surface area (Å²) in [5.74, 6) is 0. The van der Waals surface area contributed by atoms with Crippen molar-refractivity contribution in [2.75, 3.05) is 0 Å². The van der Waals surface area contributed by atoms with Crippen molar-refractivity contribution in [2.45, 2.75) is 25.9 Å². The molecule has 0 aromatic heterocycles. The maximum Gasteiger partial charge on any atom is -0.0353 e. The third kappa shape index (κ3) is 4.39. The lowest BCUT2D eigenvalue weighted by Gasteiger charge is -2.21. The van der Waals surface area contributed by atoms with Gasteiger partial charge >= 0.3 is 0 Å². The lowest BCUT2D eigenvalue weighted by molar-refractivity contribution is -0.154. The van der Waals surface area contributed by atoms with Crippen LogP contribution in [0.1, 0.15) is 20.8 Å². The number of hydrogen-bond donors (Lipinski definition) is 0. The Kier molecular flexibility index (Phi) is 2.03. The molecule has 1 nitrogen and oxygen atoms in total. The molecule has 0 radical (unpaired) electrons. The quantitative estimate of drug-likeness (QED) is 0.416. The van der Waals surface area contributed by atoms with Gasteiger partial charge < -0.3 is 4.89 Å². The first-order valence-corrected chi connectivity index (χ1v) is 2.86. The monoisotopic (exact) mass is 105 g/mol. The van der Waals surface area contributed by atoms with E-state index < -0.39 is 0 Å². The summed E-state index contributed by atoms with van der Waals surface area (Å²) in [6.07, 6.45) is 0. The fourth-order valence-electron chi connectivity index (χ4n) is 0. The highest BCUT2D eigenvalue weighted by atomic mass is 31.1. The van der Waals surface area contributed by atoms with Crippen LogP contribution in [0.15, 0.2) is 0 Å². The Hall–Kier alpha value is 0.390. The third-order valence-electron chi connectivity index (χ3n) is 0.306. The van der Waals surface area contributed by atoms with Gasteiger partial charge in [0.05, 0.1) is 0 Å². The molecule has 2 heteroatoms. The van der Waals surface area contributed by atoms with Gasteiger partial charge in [-0.1, -0.05) is 20.8 Å². The van der Waals surface area contributed by atoms with Crippen LogP contribution in [0, 0.1) is 0 Å². The zero-order valence-corrected chi connectivity index (χ0v) is 5.41. The predicted octanol–water partition coefficient (Wildman–Crippen LogP) is 0.739. The Labute approximate surface area is 40.6 Å². The van der Waals surface area contributed by atoms with E-state index in [1.165, 1.54) is 0 Å². The van der Waals surface area contributed by atoms with Crippen LogP contribution in [-0.2, 0) is 0 Å². The van der Waals surface area contributed by atoms with E-state index >= 15 is 0 Å². The average Bonchev–Trinajstić information content (AvgIpc) is 1.35. The van der Waals surface area contributed by atoms with Gasteiger partial charge in [0.15, 0.2) is 0 Å². The van der Waals surface area contributed by atoms with Crippen LogP contribution in [-0.4, -0.2) is 5.16 Å². The van der Waals surface area contributed by atoms with Crippen molar-refractivity contribution in [3.05, 3.63) is 0 Å². The second-order valence-corrected chi connectivity index (χ2v) is 4.06. The lowest BCUT2D eigenvalue weighted by Crippen LogP contribution is -2.09. The van der Waals surface area contributed by atoms with Crippen LogP contribution >= 0.6 is 8.81 Å². The topological polar surface area (TPSA) is 23.1 Å². The molecule has 0 heterocycles. The minimum atomic E-state index is -0.183. The molecule has 38 valence electrons. The first kappa shape index (κ1) is 6.39. The van der Waals surface area contributed by atoms with Crippen LogP contribution in [0.4, 0.5) is 0 Å². The molecule has 1 atom stereocenters. The molecule has 0 aromatic rings. The molecule has 0 saturated heterocycles. The lowest BCUT2D eigenvalue weighted by atomic mass is 10.3. The van der Waals surface area contributed by atoms with Gasteiger partial charge in [0.1, 0.15) is 0 Å². The Morgan fingerprint density at radius 2 is 1.50 bits per heavy atom. The van der Waals surface area contributed by atoms with E-state index in [2.05, 4.69) is 0 Å². The molecule has 0 fully saturated rings. The molecular weight excluding hydrogens is 95.0 g/mol. The summed E-state index contributed by atoms with van der Waals surface area (Å²) in [4.78, 5) is 9.98. The van der Waals surface area contributed by atoms with E-state index in [1.807, 2.05) is 20.8 Å². The van der Waals surface area contributed by atoms with E-state index in [4.69, 9.17) is 0 Å². The highest BCUT2D eigenvalue weighted by molar-refractivity contribution is 7.31. The first-order valence-electron chi connectivity index (χ1n) is 1.95. The van der Waals surface area contributed by atoms with Crippen molar-refractivity contribution in [1.29, 1.82) is 0 Å². The predicted molar refractivity (Wildman–Crippen MR) is 28.1 cm³/mol. The third-order valence-corrected chi connectivity index (χ3v) is 0.919. The van der Waals surface area contributed by atoms with E-state index in [9.17, 15) is 4.89 Å². The summed E-state index contributed by atoms with van der Waals surface area (Å²) in [6.45, 7) is 5.83. The average molecular weight is 105 g/mol.